The molecule has 1 N–H and O–H groups in total. The van der Waals surface area contributed by atoms with Crippen LogP contribution in [-0.2, 0) is 32.6 Å². The number of anilines is 1. The van der Waals surface area contributed by atoms with E-state index >= 15 is 0 Å². The number of hydrogen-bond donors (Lipinski definition) is 1. The average Bonchev–Trinajstić information content (AvgIpc) is 3.07. The highest BCUT2D eigenvalue weighted by Crippen LogP contribution is 2.27. The Morgan fingerprint density at radius 2 is 1.43 bits per heavy atom. The van der Waals surface area contributed by atoms with Crippen molar-refractivity contribution >= 4 is 27.5 Å². The van der Waals surface area contributed by atoms with Gasteiger partial charge in [0.2, 0.25) is 11.8 Å². The van der Waals surface area contributed by atoms with Gasteiger partial charge >= 0.3 is 0 Å². The van der Waals surface area contributed by atoms with Gasteiger partial charge in [0.15, 0.2) is 0 Å². The first-order valence-electron chi connectivity index (χ1n) is 15.5. The summed E-state index contributed by atoms with van der Waals surface area (Å²) in [6, 6.07) is 24.3. The molecule has 8 nitrogen and oxygen atoms in total. The Labute approximate surface area is 275 Å². The van der Waals surface area contributed by atoms with Crippen molar-refractivity contribution in [3.63, 3.8) is 0 Å². The van der Waals surface area contributed by atoms with Crippen LogP contribution in [0.4, 0.5) is 14.5 Å². The number of nitrogens with zero attached hydrogens (tertiary/aromatic N) is 2. The molecule has 0 unspecified atom stereocenters. The van der Waals surface area contributed by atoms with Crippen molar-refractivity contribution < 1.29 is 31.5 Å². The number of rotatable bonds is 16. The molecule has 47 heavy (non-hydrogen) atoms. The fourth-order valence-corrected chi connectivity index (χ4v) is 6.40. The van der Waals surface area contributed by atoms with Crippen LogP contribution in [0.15, 0.2) is 108 Å². The Kier molecular flexibility index (Phi) is 12.5. The maximum absolute atomic E-state index is 14.4. The third-order valence-corrected chi connectivity index (χ3v) is 9.27. The number of carbonyl (C=O) groups excluding carboxylic acids is 2. The van der Waals surface area contributed by atoms with E-state index in [0.29, 0.717) is 24.5 Å². The van der Waals surface area contributed by atoms with Crippen LogP contribution in [0.3, 0.4) is 0 Å². The third kappa shape index (κ3) is 9.62. The maximum Gasteiger partial charge on any atom is 0.264 e. The highest BCUT2D eigenvalue weighted by atomic mass is 32.2. The molecule has 0 aromatic heterocycles. The molecule has 4 rings (SSSR count). The number of amides is 2. The Bertz CT molecular complexity index is 1700. The van der Waals surface area contributed by atoms with Gasteiger partial charge in [-0.05, 0) is 85.1 Å². The first-order chi connectivity index (χ1) is 22.6. The van der Waals surface area contributed by atoms with E-state index in [1.807, 2.05) is 44.2 Å². The highest BCUT2D eigenvalue weighted by molar-refractivity contribution is 7.92. The number of ether oxygens (including phenoxy) is 1. The molecule has 11 heteroatoms. The van der Waals surface area contributed by atoms with Crippen LogP contribution in [0, 0.1) is 11.6 Å². The molecule has 248 valence electrons. The molecule has 0 radical (unpaired) electrons. The van der Waals surface area contributed by atoms with Crippen molar-refractivity contribution in [2.75, 3.05) is 24.0 Å². The van der Waals surface area contributed by atoms with Gasteiger partial charge in [-0.2, -0.15) is 0 Å². The van der Waals surface area contributed by atoms with Crippen molar-refractivity contribution in [2.45, 2.75) is 50.6 Å². The lowest BCUT2D eigenvalue weighted by Gasteiger charge is -2.34. The van der Waals surface area contributed by atoms with Gasteiger partial charge in [0.1, 0.15) is 30.0 Å². The third-order valence-electron chi connectivity index (χ3n) is 7.48. The fourth-order valence-electron chi connectivity index (χ4n) is 4.98. The Morgan fingerprint density at radius 1 is 0.809 bits per heavy atom. The molecule has 0 saturated carbocycles. The van der Waals surface area contributed by atoms with E-state index in [1.54, 1.807) is 12.1 Å². The highest BCUT2D eigenvalue weighted by Gasteiger charge is 2.34. The standard InChI is InChI=1S/C36H39F2N3O5S/c1-3-5-23-39-36(43)34(24-27-9-7-6-8-10-27)40(25-28-11-13-29(37)14-12-28)35(42)26-41(31-17-19-32(20-18-31)46-4-2)47(44,45)33-21-15-30(38)16-22-33/h6-22,34H,3-5,23-26H2,1-2H3,(H,39,43)/t34-/m1/s1. The summed E-state index contributed by atoms with van der Waals surface area (Å²) in [6.07, 6.45) is 1.73. The molecule has 0 bridgehead atoms. The SMILES string of the molecule is CCCCNC(=O)[C@@H](Cc1ccccc1)N(Cc1ccc(F)cc1)C(=O)CN(c1ccc(OCC)cc1)S(=O)(=O)c1ccc(F)cc1. The summed E-state index contributed by atoms with van der Waals surface area (Å²) in [5.74, 6) is -1.63. The summed E-state index contributed by atoms with van der Waals surface area (Å²) in [6.45, 7) is 3.84. The van der Waals surface area contributed by atoms with Gasteiger partial charge in [0.25, 0.3) is 10.0 Å². The first-order valence-corrected chi connectivity index (χ1v) is 16.9. The molecule has 0 aliphatic rings. The predicted octanol–water partition coefficient (Wildman–Crippen LogP) is 6.12. The molecular weight excluding hydrogens is 624 g/mol. The first kappa shape index (κ1) is 35.1. The molecule has 0 spiro atoms. The van der Waals surface area contributed by atoms with E-state index in [4.69, 9.17) is 4.74 Å². The minimum atomic E-state index is -4.40. The lowest BCUT2D eigenvalue weighted by Crippen LogP contribution is -2.53. The van der Waals surface area contributed by atoms with Gasteiger partial charge in [-0.1, -0.05) is 55.8 Å². The van der Waals surface area contributed by atoms with Crippen LogP contribution in [0.5, 0.6) is 5.75 Å². The van der Waals surface area contributed by atoms with Gasteiger partial charge in [0.05, 0.1) is 17.2 Å². The van der Waals surface area contributed by atoms with Crippen LogP contribution in [0.2, 0.25) is 0 Å². The van der Waals surface area contributed by atoms with E-state index in [-0.39, 0.29) is 23.5 Å². The van der Waals surface area contributed by atoms with Crippen molar-refractivity contribution in [2.24, 2.45) is 0 Å². The zero-order valence-corrected chi connectivity index (χ0v) is 27.3. The fraction of sp³-hybridized carbons (Fsp3) is 0.278. The van der Waals surface area contributed by atoms with Crippen molar-refractivity contribution in [3.8, 4) is 5.75 Å². The van der Waals surface area contributed by atoms with E-state index in [9.17, 15) is 26.8 Å². The number of benzene rings is 4. The quantitative estimate of drug-likeness (QED) is 0.146. The number of carbonyl (C=O) groups is 2. The smallest absolute Gasteiger partial charge is 0.264 e. The molecule has 0 fully saturated rings. The minimum Gasteiger partial charge on any atom is -0.494 e. The predicted molar refractivity (Wildman–Crippen MR) is 177 cm³/mol. The van der Waals surface area contributed by atoms with Gasteiger partial charge in [-0.15, -0.1) is 0 Å². The lowest BCUT2D eigenvalue weighted by atomic mass is 10.0. The number of unbranched alkanes of at least 4 members (excludes halogenated alkanes) is 1. The number of halogens is 2. The summed E-state index contributed by atoms with van der Waals surface area (Å²) in [4.78, 5) is 29.3. The molecule has 0 heterocycles. The second-order valence-electron chi connectivity index (χ2n) is 10.9. The molecule has 4 aromatic rings. The topological polar surface area (TPSA) is 96.0 Å². The molecule has 1 atom stereocenters. The molecular formula is C36H39F2N3O5S. The zero-order chi connectivity index (χ0) is 33.8. The van der Waals surface area contributed by atoms with Crippen LogP contribution in [0.1, 0.15) is 37.8 Å². The number of hydrogen-bond acceptors (Lipinski definition) is 5. The van der Waals surface area contributed by atoms with Gasteiger partial charge in [0, 0.05) is 19.5 Å². The lowest BCUT2D eigenvalue weighted by molar-refractivity contribution is -0.140. The van der Waals surface area contributed by atoms with Crippen LogP contribution < -0.4 is 14.4 Å². The van der Waals surface area contributed by atoms with Crippen LogP contribution >= 0.6 is 0 Å². The van der Waals surface area contributed by atoms with E-state index in [2.05, 4.69) is 5.32 Å². The number of sulfonamides is 1. The monoisotopic (exact) mass is 663 g/mol. The van der Waals surface area contributed by atoms with Gasteiger partial charge in [-0.25, -0.2) is 17.2 Å². The second-order valence-corrected chi connectivity index (χ2v) is 12.8. The van der Waals surface area contributed by atoms with E-state index in [1.165, 1.54) is 41.3 Å². The summed E-state index contributed by atoms with van der Waals surface area (Å²) >= 11 is 0. The Hall–Kier alpha value is -4.77. The van der Waals surface area contributed by atoms with Crippen LogP contribution in [-0.4, -0.2) is 50.9 Å². The summed E-state index contributed by atoms with van der Waals surface area (Å²) in [5.41, 5.74) is 1.51. The zero-order valence-electron chi connectivity index (χ0n) is 26.4. The second kappa shape index (κ2) is 16.7. The molecule has 0 saturated heterocycles. The number of nitrogens with one attached hydrogen (secondary N) is 1. The van der Waals surface area contributed by atoms with Gasteiger partial charge < -0.3 is 15.0 Å². The van der Waals surface area contributed by atoms with Gasteiger partial charge in [-0.3, -0.25) is 13.9 Å². The molecule has 4 aromatic carbocycles. The summed E-state index contributed by atoms with van der Waals surface area (Å²) < 4.78 is 62.2. The molecule has 0 aliphatic heterocycles. The normalized spacial score (nSPS) is 11.8. The Morgan fingerprint density at radius 3 is 2.02 bits per heavy atom. The minimum absolute atomic E-state index is 0.0917. The van der Waals surface area contributed by atoms with Crippen LogP contribution in [0.25, 0.3) is 0 Å². The van der Waals surface area contributed by atoms with E-state index < -0.39 is 46.1 Å². The van der Waals surface area contributed by atoms with Crippen molar-refractivity contribution in [3.05, 3.63) is 126 Å². The molecule has 2 amide bonds. The summed E-state index contributed by atoms with van der Waals surface area (Å²) in [5, 5.41) is 2.92. The average molecular weight is 664 g/mol. The summed E-state index contributed by atoms with van der Waals surface area (Å²) in [7, 11) is -4.40. The molecule has 0 aliphatic carbocycles. The van der Waals surface area contributed by atoms with Crippen molar-refractivity contribution in [1.82, 2.24) is 10.2 Å². The largest absolute Gasteiger partial charge is 0.494 e. The van der Waals surface area contributed by atoms with E-state index in [0.717, 1.165) is 47.0 Å². The van der Waals surface area contributed by atoms with Crippen molar-refractivity contribution in [1.29, 1.82) is 0 Å². The maximum atomic E-state index is 14.4. The Balaban J connectivity index is 1.78.